The van der Waals surface area contributed by atoms with Gasteiger partial charge < -0.3 is 9.73 Å². The van der Waals surface area contributed by atoms with Gasteiger partial charge in [-0.3, -0.25) is 0 Å². The molecule has 0 atom stereocenters. The van der Waals surface area contributed by atoms with E-state index in [2.05, 4.69) is 10.3 Å². The molecule has 0 unspecified atom stereocenters. The van der Waals surface area contributed by atoms with Crippen molar-refractivity contribution < 1.29 is 17.6 Å². The van der Waals surface area contributed by atoms with Crippen molar-refractivity contribution >= 4 is 0 Å². The van der Waals surface area contributed by atoms with Gasteiger partial charge in [0.2, 0.25) is 5.89 Å². The molecule has 0 saturated carbocycles. The molecule has 3 nitrogen and oxygen atoms in total. The fraction of sp³-hybridized carbons (Fsp3) is 0.250. The van der Waals surface area contributed by atoms with Gasteiger partial charge in [0.1, 0.15) is 0 Å². The minimum absolute atomic E-state index is 0.325. The van der Waals surface area contributed by atoms with E-state index in [1.54, 1.807) is 13.1 Å². The lowest BCUT2D eigenvalue weighted by molar-refractivity contribution is -0.137. The monoisotopic (exact) mass is 256 g/mol. The Labute approximate surface area is 102 Å². The molecule has 6 heteroatoms. The van der Waals surface area contributed by atoms with Crippen molar-refractivity contribution in [1.82, 2.24) is 10.3 Å². The second kappa shape index (κ2) is 4.81. The lowest BCUT2D eigenvalue weighted by atomic mass is 10.1. The molecule has 0 amide bonds. The Bertz CT molecular complexity index is 534. The van der Waals surface area contributed by atoms with Crippen LogP contribution in [0.15, 0.2) is 34.9 Å². The van der Waals surface area contributed by atoms with Crippen molar-refractivity contribution in [3.63, 3.8) is 0 Å². The number of benzene rings is 1. The molecular formula is C12H11F3N2O. The van der Waals surface area contributed by atoms with Crippen LogP contribution < -0.4 is 5.32 Å². The molecule has 0 bridgehead atoms. The Balaban J connectivity index is 2.32. The highest BCUT2D eigenvalue weighted by molar-refractivity contribution is 5.57. The average Bonchev–Trinajstić information content (AvgIpc) is 2.77. The van der Waals surface area contributed by atoms with Gasteiger partial charge in [0.05, 0.1) is 18.3 Å². The SMILES string of the molecule is CNCc1ncc(-c2cccc(C(F)(F)F)c2)o1. The van der Waals surface area contributed by atoms with Crippen LogP contribution >= 0.6 is 0 Å². The maximum atomic E-state index is 12.6. The second-order valence-corrected chi connectivity index (χ2v) is 3.73. The molecule has 0 radical (unpaired) electrons. The predicted octanol–water partition coefficient (Wildman–Crippen LogP) is 3.08. The third kappa shape index (κ3) is 2.70. The zero-order valence-corrected chi connectivity index (χ0v) is 9.58. The van der Waals surface area contributed by atoms with Gasteiger partial charge in [0.15, 0.2) is 5.76 Å². The molecule has 2 aromatic rings. The number of aromatic nitrogens is 1. The van der Waals surface area contributed by atoms with Crippen molar-refractivity contribution in [3.8, 4) is 11.3 Å². The number of nitrogens with one attached hydrogen (secondary N) is 1. The first-order valence-electron chi connectivity index (χ1n) is 5.27. The maximum absolute atomic E-state index is 12.6. The first-order valence-corrected chi connectivity index (χ1v) is 5.27. The minimum Gasteiger partial charge on any atom is -0.439 e. The number of oxazole rings is 1. The Kier molecular flexibility index (Phi) is 3.38. The highest BCUT2D eigenvalue weighted by atomic mass is 19.4. The van der Waals surface area contributed by atoms with E-state index in [4.69, 9.17) is 4.42 Å². The van der Waals surface area contributed by atoms with Crippen molar-refractivity contribution in [1.29, 1.82) is 0 Å². The molecule has 0 aliphatic heterocycles. The van der Waals surface area contributed by atoms with Crippen molar-refractivity contribution in [3.05, 3.63) is 41.9 Å². The van der Waals surface area contributed by atoms with Crippen LogP contribution in [0.25, 0.3) is 11.3 Å². The maximum Gasteiger partial charge on any atom is 0.416 e. The molecule has 18 heavy (non-hydrogen) atoms. The number of alkyl halides is 3. The summed E-state index contributed by atoms with van der Waals surface area (Å²) in [6, 6.07) is 4.97. The van der Waals surface area contributed by atoms with E-state index in [-0.39, 0.29) is 0 Å². The summed E-state index contributed by atoms with van der Waals surface area (Å²) in [6.07, 6.45) is -2.94. The summed E-state index contributed by atoms with van der Waals surface area (Å²) < 4.78 is 43.0. The molecule has 0 fully saturated rings. The largest absolute Gasteiger partial charge is 0.439 e. The highest BCUT2D eigenvalue weighted by Crippen LogP contribution is 2.32. The summed E-state index contributed by atoms with van der Waals surface area (Å²) in [6.45, 7) is 0.430. The van der Waals surface area contributed by atoms with E-state index in [9.17, 15) is 13.2 Å². The molecule has 2 rings (SSSR count). The lowest BCUT2D eigenvalue weighted by Gasteiger charge is -2.07. The van der Waals surface area contributed by atoms with Crippen LogP contribution in [0.2, 0.25) is 0 Å². The van der Waals surface area contributed by atoms with Gasteiger partial charge in [0.25, 0.3) is 0 Å². The van der Waals surface area contributed by atoms with Crippen LogP contribution in [-0.4, -0.2) is 12.0 Å². The number of nitrogens with zero attached hydrogens (tertiary/aromatic N) is 1. The molecule has 1 aromatic heterocycles. The quantitative estimate of drug-likeness (QED) is 0.917. The third-order valence-electron chi connectivity index (χ3n) is 2.36. The standard InChI is InChI=1S/C12H11F3N2O/c1-16-7-11-17-6-10(18-11)8-3-2-4-9(5-8)12(13,14)15/h2-6,16H,7H2,1H3. The molecular weight excluding hydrogens is 245 g/mol. The second-order valence-electron chi connectivity index (χ2n) is 3.73. The zero-order chi connectivity index (χ0) is 13.2. The fourth-order valence-electron chi connectivity index (χ4n) is 1.53. The zero-order valence-electron chi connectivity index (χ0n) is 9.58. The predicted molar refractivity (Wildman–Crippen MR) is 59.7 cm³/mol. The Hall–Kier alpha value is -1.82. The van der Waals surface area contributed by atoms with Crippen LogP contribution in [0.5, 0.6) is 0 Å². The van der Waals surface area contributed by atoms with Crippen LogP contribution in [0, 0.1) is 0 Å². The van der Waals surface area contributed by atoms with Crippen molar-refractivity contribution in [2.24, 2.45) is 0 Å². The van der Waals surface area contributed by atoms with Gasteiger partial charge in [-0.15, -0.1) is 0 Å². The molecule has 1 N–H and O–H groups in total. The van der Waals surface area contributed by atoms with E-state index >= 15 is 0 Å². The average molecular weight is 256 g/mol. The molecule has 1 heterocycles. The van der Waals surface area contributed by atoms with Gasteiger partial charge in [-0.1, -0.05) is 12.1 Å². The lowest BCUT2D eigenvalue weighted by Crippen LogP contribution is -2.04. The van der Waals surface area contributed by atoms with Gasteiger partial charge in [-0.25, -0.2) is 4.98 Å². The summed E-state index contributed by atoms with van der Waals surface area (Å²) in [5.41, 5.74) is -0.341. The topological polar surface area (TPSA) is 38.1 Å². The molecule has 1 aromatic carbocycles. The van der Waals surface area contributed by atoms with E-state index < -0.39 is 11.7 Å². The van der Waals surface area contributed by atoms with Crippen molar-refractivity contribution in [2.45, 2.75) is 12.7 Å². The third-order valence-corrected chi connectivity index (χ3v) is 2.36. The fourth-order valence-corrected chi connectivity index (χ4v) is 1.53. The van der Waals surface area contributed by atoms with Gasteiger partial charge in [0, 0.05) is 5.56 Å². The summed E-state index contributed by atoms with van der Waals surface area (Å²) in [7, 11) is 1.73. The smallest absolute Gasteiger partial charge is 0.416 e. The number of rotatable bonds is 3. The number of hydrogen-bond acceptors (Lipinski definition) is 3. The van der Waals surface area contributed by atoms with Crippen molar-refractivity contribution in [2.75, 3.05) is 7.05 Å². The van der Waals surface area contributed by atoms with Crippen LogP contribution in [0.1, 0.15) is 11.5 Å². The Morgan fingerprint density at radius 1 is 1.33 bits per heavy atom. The van der Waals surface area contributed by atoms with E-state index in [0.29, 0.717) is 23.8 Å². The van der Waals surface area contributed by atoms with E-state index in [1.165, 1.54) is 12.3 Å². The molecule has 0 saturated heterocycles. The van der Waals surface area contributed by atoms with E-state index in [0.717, 1.165) is 12.1 Å². The van der Waals surface area contributed by atoms with Gasteiger partial charge >= 0.3 is 6.18 Å². The number of hydrogen-bond donors (Lipinski definition) is 1. The Morgan fingerprint density at radius 2 is 2.11 bits per heavy atom. The number of halogens is 3. The van der Waals surface area contributed by atoms with Crippen LogP contribution in [-0.2, 0) is 12.7 Å². The molecule has 0 aliphatic carbocycles. The van der Waals surface area contributed by atoms with Crippen LogP contribution in [0.3, 0.4) is 0 Å². The first-order chi connectivity index (χ1) is 8.50. The van der Waals surface area contributed by atoms with Gasteiger partial charge in [-0.05, 0) is 19.2 Å². The highest BCUT2D eigenvalue weighted by Gasteiger charge is 2.30. The van der Waals surface area contributed by atoms with E-state index in [1.807, 2.05) is 0 Å². The Morgan fingerprint density at radius 3 is 2.78 bits per heavy atom. The molecule has 0 aliphatic rings. The normalized spacial score (nSPS) is 11.8. The molecule has 96 valence electrons. The summed E-state index contributed by atoms with van der Waals surface area (Å²) in [5.74, 6) is 0.760. The van der Waals surface area contributed by atoms with Crippen LogP contribution in [0.4, 0.5) is 13.2 Å². The van der Waals surface area contributed by atoms with Gasteiger partial charge in [-0.2, -0.15) is 13.2 Å². The summed E-state index contributed by atoms with van der Waals surface area (Å²) >= 11 is 0. The minimum atomic E-state index is -4.36. The first kappa shape index (κ1) is 12.6. The summed E-state index contributed by atoms with van der Waals surface area (Å²) in [5, 5.41) is 2.85. The molecule has 0 spiro atoms. The summed E-state index contributed by atoms with van der Waals surface area (Å²) in [4.78, 5) is 3.96.